The highest BCUT2D eigenvalue weighted by Gasteiger charge is 2.28. The van der Waals surface area contributed by atoms with Crippen molar-refractivity contribution >= 4 is 5.91 Å². The number of nitrogens with one attached hydrogen (secondary N) is 2. The molecule has 0 radical (unpaired) electrons. The summed E-state index contributed by atoms with van der Waals surface area (Å²) in [5.41, 5.74) is 3.62. The van der Waals surface area contributed by atoms with Crippen molar-refractivity contribution in [2.45, 2.75) is 39.2 Å². The van der Waals surface area contributed by atoms with Crippen molar-refractivity contribution in [3.8, 4) is 11.3 Å². The Morgan fingerprint density at radius 1 is 1.45 bits per heavy atom. The van der Waals surface area contributed by atoms with E-state index < -0.39 is 0 Å². The summed E-state index contributed by atoms with van der Waals surface area (Å²) in [6.07, 6.45) is 2.26. The van der Waals surface area contributed by atoms with Crippen LogP contribution in [0.5, 0.6) is 0 Å². The number of carbonyl (C=O) groups excluding carboxylic acids is 1. The molecule has 5 heteroatoms. The Hall–Kier alpha value is -2.17. The van der Waals surface area contributed by atoms with Crippen LogP contribution in [0.15, 0.2) is 24.3 Å². The summed E-state index contributed by atoms with van der Waals surface area (Å²) in [5.74, 6) is -0.231. The molecule has 1 atom stereocenters. The van der Waals surface area contributed by atoms with E-state index in [4.69, 9.17) is 0 Å². The van der Waals surface area contributed by atoms with Crippen LogP contribution in [-0.4, -0.2) is 22.1 Å². The van der Waals surface area contributed by atoms with E-state index in [2.05, 4.69) is 15.5 Å². The summed E-state index contributed by atoms with van der Waals surface area (Å²) >= 11 is 0. The number of halogens is 1. The molecular formula is C17H20FN3O. The van der Waals surface area contributed by atoms with Gasteiger partial charge in [0.1, 0.15) is 5.82 Å². The summed E-state index contributed by atoms with van der Waals surface area (Å²) in [5, 5.41) is 10.4. The van der Waals surface area contributed by atoms with E-state index >= 15 is 0 Å². The number of aromatic nitrogens is 2. The maximum atomic E-state index is 13.4. The standard InChI is InChI=1S/C17H20FN3O/c1-10(2)19-17(22)12-6-7-15-14(9-12)16(21-20-15)11-4-3-5-13(18)8-11/h3-5,8,10,12H,6-7,9H2,1-2H3,(H,19,22)(H,20,21)/t12-/m1/s1. The second-order valence-electron chi connectivity index (χ2n) is 6.14. The summed E-state index contributed by atoms with van der Waals surface area (Å²) in [4.78, 5) is 12.2. The topological polar surface area (TPSA) is 57.8 Å². The van der Waals surface area contributed by atoms with Crippen LogP contribution < -0.4 is 5.32 Å². The van der Waals surface area contributed by atoms with Gasteiger partial charge in [0.05, 0.1) is 5.69 Å². The zero-order valence-electron chi connectivity index (χ0n) is 12.8. The minimum absolute atomic E-state index is 0.0418. The second kappa shape index (κ2) is 5.91. The Morgan fingerprint density at radius 2 is 2.27 bits per heavy atom. The molecule has 116 valence electrons. The van der Waals surface area contributed by atoms with Crippen molar-refractivity contribution in [2.75, 3.05) is 0 Å². The molecule has 0 fully saturated rings. The molecule has 1 aromatic carbocycles. The fourth-order valence-corrected chi connectivity index (χ4v) is 3.00. The van der Waals surface area contributed by atoms with Gasteiger partial charge in [0.25, 0.3) is 0 Å². The number of benzene rings is 1. The van der Waals surface area contributed by atoms with Gasteiger partial charge in [-0.2, -0.15) is 5.10 Å². The molecule has 2 aromatic rings. The SMILES string of the molecule is CC(C)NC(=O)[C@@H]1CCc2[nH]nc(-c3cccc(F)c3)c2C1. The summed E-state index contributed by atoms with van der Waals surface area (Å²) in [6.45, 7) is 3.92. The first-order valence-electron chi connectivity index (χ1n) is 7.67. The smallest absolute Gasteiger partial charge is 0.223 e. The molecule has 1 aliphatic rings. The van der Waals surface area contributed by atoms with E-state index in [9.17, 15) is 9.18 Å². The molecule has 22 heavy (non-hydrogen) atoms. The van der Waals surface area contributed by atoms with Crippen LogP contribution in [0.4, 0.5) is 4.39 Å². The van der Waals surface area contributed by atoms with Gasteiger partial charge in [-0.25, -0.2) is 4.39 Å². The van der Waals surface area contributed by atoms with Crippen molar-refractivity contribution in [1.29, 1.82) is 0 Å². The fourth-order valence-electron chi connectivity index (χ4n) is 3.00. The fraction of sp³-hybridized carbons (Fsp3) is 0.412. The maximum absolute atomic E-state index is 13.4. The van der Waals surface area contributed by atoms with Gasteiger partial charge in [0, 0.05) is 28.8 Å². The molecule has 1 heterocycles. The van der Waals surface area contributed by atoms with Gasteiger partial charge in [-0.15, -0.1) is 0 Å². The predicted molar refractivity (Wildman–Crippen MR) is 82.8 cm³/mol. The first-order chi connectivity index (χ1) is 10.5. The Bertz CT molecular complexity index is 693. The Balaban J connectivity index is 1.87. The van der Waals surface area contributed by atoms with Gasteiger partial charge in [0.2, 0.25) is 5.91 Å². The van der Waals surface area contributed by atoms with Crippen LogP contribution in [0, 0.1) is 11.7 Å². The number of carbonyl (C=O) groups is 1. The zero-order valence-corrected chi connectivity index (χ0v) is 12.8. The van der Waals surface area contributed by atoms with Crippen LogP contribution in [-0.2, 0) is 17.6 Å². The van der Waals surface area contributed by atoms with E-state index in [1.54, 1.807) is 6.07 Å². The largest absolute Gasteiger partial charge is 0.354 e. The lowest BCUT2D eigenvalue weighted by Gasteiger charge is -2.23. The third-order valence-electron chi connectivity index (χ3n) is 4.05. The van der Waals surface area contributed by atoms with Gasteiger partial charge in [-0.05, 0) is 45.2 Å². The van der Waals surface area contributed by atoms with Crippen molar-refractivity contribution < 1.29 is 9.18 Å². The van der Waals surface area contributed by atoms with E-state index in [1.807, 2.05) is 19.9 Å². The molecular weight excluding hydrogens is 281 g/mol. The van der Waals surface area contributed by atoms with E-state index in [0.717, 1.165) is 35.4 Å². The van der Waals surface area contributed by atoms with Gasteiger partial charge < -0.3 is 5.32 Å². The van der Waals surface area contributed by atoms with Gasteiger partial charge >= 0.3 is 0 Å². The number of nitrogens with zero attached hydrogens (tertiary/aromatic N) is 1. The molecule has 0 spiro atoms. The molecule has 0 saturated carbocycles. The number of fused-ring (bicyclic) bond motifs is 1. The second-order valence-corrected chi connectivity index (χ2v) is 6.14. The van der Waals surface area contributed by atoms with Crippen molar-refractivity contribution in [3.63, 3.8) is 0 Å². The summed E-state index contributed by atoms with van der Waals surface area (Å²) in [6, 6.07) is 6.56. The molecule has 1 aliphatic carbocycles. The van der Waals surface area contributed by atoms with Crippen LogP contribution in [0.3, 0.4) is 0 Å². The molecule has 0 bridgehead atoms. The van der Waals surface area contributed by atoms with E-state index in [1.165, 1.54) is 12.1 Å². The minimum atomic E-state index is -0.279. The highest BCUT2D eigenvalue weighted by atomic mass is 19.1. The Kier molecular flexibility index (Phi) is 3.96. The van der Waals surface area contributed by atoms with Crippen LogP contribution >= 0.6 is 0 Å². The molecule has 0 unspecified atom stereocenters. The monoisotopic (exact) mass is 301 g/mol. The lowest BCUT2D eigenvalue weighted by atomic mass is 9.84. The summed E-state index contributed by atoms with van der Waals surface area (Å²) in [7, 11) is 0. The third kappa shape index (κ3) is 2.89. The molecule has 4 nitrogen and oxygen atoms in total. The predicted octanol–water partition coefficient (Wildman–Crippen LogP) is 2.85. The van der Waals surface area contributed by atoms with Crippen LogP contribution in [0.2, 0.25) is 0 Å². The van der Waals surface area contributed by atoms with E-state index in [0.29, 0.717) is 6.42 Å². The average Bonchev–Trinajstić information content (AvgIpc) is 2.89. The minimum Gasteiger partial charge on any atom is -0.354 e. The number of hydrogen-bond acceptors (Lipinski definition) is 2. The number of hydrogen-bond donors (Lipinski definition) is 2. The molecule has 0 aliphatic heterocycles. The number of rotatable bonds is 3. The molecule has 1 aromatic heterocycles. The van der Waals surface area contributed by atoms with Crippen molar-refractivity contribution in [3.05, 3.63) is 41.3 Å². The maximum Gasteiger partial charge on any atom is 0.223 e. The quantitative estimate of drug-likeness (QED) is 0.916. The van der Waals surface area contributed by atoms with Gasteiger partial charge in [-0.1, -0.05) is 12.1 Å². The average molecular weight is 301 g/mol. The normalized spacial score (nSPS) is 17.4. The zero-order chi connectivity index (χ0) is 15.7. The van der Waals surface area contributed by atoms with Gasteiger partial charge in [0.15, 0.2) is 0 Å². The lowest BCUT2D eigenvalue weighted by Crippen LogP contribution is -2.37. The Morgan fingerprint density at radius 3 is 3.00 bits per heavy atom. The first kappa shape index (κ1) is 14.8. The van der Waals surface area contributed by atoms with Crippen LogP contribution in [0.25, 0.3) is 11.3 Å². The molecule has 2 N–H and O–H groups in total. The number of aromatic amines is 1. The number of H-pyrrole nitrogens is 1. The van der Waals surface area contributed by atoms with E-state index in [-0.39, 0.29) is 23.7 Å². The van der Waals surface area contributed by atoms with Crippen molar-refractivity contribution in [2.24, 2.45) is 5.92 Å². The first-order valence-corrected chi connectivity index (χ1v) is 7.67. The Labute approximate surface area is 129 Å². The molecule has 0 saturated heterocycles. The van der Waals surface area contributed by atoms with Crippen LogP contribution in [0.1, 0.15) is 31.5 Å². The summed E-state index contributed by atoms with van der Waals surface area (Å²) < 4.78 is 13.4. The third-order valence-corrected chi connectivity index (χ3v) is 4.05. The molecule has 3 rings (SSSR count). The van der Waals surface area contributed by atoms with Crippen molar-refractivity contribution in [1.82, 2.24) is 15.5 Å². The highest BCUT2D eigenvalue weighted by Crippen LogP contribution is 2.32. The van der Waals surface area contributed by atoms with Gasteiger partial charge in [-0.3, -0.25) is 9.89 Å². The number of aryl methyl sites for hydroxylation is 1. The molecule has 1 amide bonds. The number of amides is 1. The highest BCUT2D eigenvalue weighted by molar-refractivity contribution is 5.80. The lowest BCUT2D eigenvalue weighted by molar-refractivity contribution is -0.125.